The van der Waals surface area contributed by atoms with E-state index >= 15 is 0 Å². The van der Waals surface area contributed by atoms with Crippen LogP contribution in [-0.4, -0.2) is 119 Å². The normalized spacial score (nSPS) is 17.5. The summed E-state index contributed by atoms with van der Waals surface area (Å²) in [6, 6.07) is 0.845. The molecule has 430 valence electrons. The van der Waals surface area contributed by atoms with E-state index in [-0.39, 0.29) is 102 Å². The zero-order valence-corrected chi connectivity index (χ0v) is 46.1. The van der Waals surface area contributed by atoms with Gasteiger partial charge in [0.05, 0.1) is 35.0 Å². The van der Waals surface area contributed by atoms with Crippen LogP contribution >= 0.6 is 22.7 Å². The molecule has 0 aliphatic carbocycles. The summed E-state index contributed by atoms with van der Waals surface area (Å²) in [5, 5.41) is 43.2. The van der Waals surface area contributed by atoms with Crippen LogP contribution in [0.15, 0.2) is 98.0 Å². The zero-order chi connectivity index (χ0) is 60.7. The third-order valence-electron chi connectivity index (χ3n) is 11.2. The molecule has 0 saturated carbocycles. The van der Waals surface area contributed by atoms with E-state index in [1.165, 1.54) is 63.8 Å². The van der Waals surface area contributed by atoms with Gasteiger partial charge in [-0.25, -0.2) is 29.9 Å². The molecule has 83 heavy (non-hydrogen) atoms. The first kappa shape index (κ1) is 60.2. The number of hydrogen-bond acceptors (Lipinski definition) is 23. The number of methoxy groups -OCH3 is 1. The minimum Gasteiger partial charge on any atom is -0.443 e. The number of thiazole rings is 2. The predicted octanol–water partition coefficient (Wildman–Crippen LogP) is 1.50. The largest absolute Gasteiger partial charge is 0.443 e. The van der Waals surface area contributed by atoms with Crippen molar-refractivity contribution in [1.82, 2.24) is 72.4 Å². The number of oxazole rings is 3. The van der Waals surface area contributed by atoms with Gasteiger partial charge >= 0.3 is 0 Å². The van der Waals surface area contributed by atoms with Crippen molar-refractivity contribution in [2.75, 3.05) is 7.11 Å². The van der Waals surface area contributed by atoms with Crippen LogP contribution in [0.3, 0.4) is 0 Å². The Labute approximate surface area is 476 Å². The number of carbonyl (C=O) groups excluding carboxylic acids is 9. The third kappa shape index (κ3) is 14.0. The molecule has 1 aliphatic rings. The SMILES string of the molecule is C=C(NC(=O)C(=C)NC(=O)c1ccc2c(n1)-c1coc(n1)C(=C)NC(=O)C(=C)NC(=O)c1nc(oc1C)/C(=C\C)NC(=O)c1csc(n1)C(OC)NC(=O)c1nc(oc1C)/C(=C\C(C)O)NC(=O)C(C(C)O)NC(=O)c1csc-2n1)C(N)=O. The van der Waals surface area contributed by atoms with Crippen LogP contribution < -0.4 is 48.3 Å². The smallest absolute Gasteiger partial charge is 0.278 e. The van der Waals surface area contributed by atoms with Gasteiger partial charge in [0.2, 0.25) is 23.6 Å². The van der Waals surface area contributed by atoms with Gasteiger partial charge in [0, 0.05) is 23.4 Å². The van der Waals surface area contributed by atoms with Crippen LogP contribution in [0.4, 0.5) is 0 Å². The highest BCUT2D eigenvalue weighted by Crippen LogP contribution is 2.34. The molecule has 0 fully saturated rings. The number of allylic oxidation sites excluding steroid dienone is 1. The minimum atomic E-state index is -1.72. The fourth-order valence-electron chi connectivity index (χ4n) is 7.07. The lowest BCUT2D eigenvalue weighted by molar-refractivity contribution is -0.124. The second-order valence-corrected chi connectivity index (χ2v) is 19.2. The van der Waals surface area contributed by atoms with Crippen LogP contribution in [0.5, 0.6) is 0 Å². The molecule has 12 N–H and O–H groups in total. The average Bonchev–Trinajstić information content (AvgIpc) is 4.46. The molecule has 0 aromatic carbocycles. The number of hydrogen-bond donors (Lipinski definition) is 11. The standard InChI is InChI=1S/C51H49N15O15S2/c1-11-27-47-64-34(24(8)80-47)44(76)55-21(5)39(71)56-22(6)46-60-30(15-79-46)36-26(12-13-28(57-36)40(72)54-20(4)38(70)53-19(3)37(52)69)50-61-32(16-82-50)42(74)63-33(23(7)68)43(75)59-29(14-18(2)67)48-65-35(25(9)81-48)45(77)66-49(78-10)51-62-31(17-83-51)41(73)58-27/h11-18,23,33,49,67-68H,3-6H2,1-2,7-10H3,(H2,52,69)(H,53,70)(H,54,72)(H,55,76)(H,56,71)(H,58,73)(H,59,75)(H,63,74)(H,66,77)/b27-11+,29-14+. The molecule has 1 aliphatic heterocycles. The Kier molecular flexibility index (Phi) is 18.4. The van der Waals surface area contributed by atoms with Crippen molar-refractivity contribution >= 4 is 92.9 Å². The summed E-state index contributed by atoms with van der Waals surface area (Å²) >= 11 is 1.83. The number of primary amides is 1. The van der Waals surface area contributed by atoms with Gasteiger partial charge in [0.25, 0.3) is 47.3 Å². The molecule has 0 saturated heterocycles. The van der Waals surface area contributed by atoms with Crippen LogP contribution in [0.1, 0.15) is 114 Å². The second kappa shape index (κ2) is 25.4. The zero-order valence-electron chi connectivity index (χ0n) is 44.5. The highest BCUT2D eigenvalue weighted by atomic mass is 32.1. The highest BCUT2D eigenvalue weighted by Gasteiger charge is 2.32. The fourth-order valence-corrected chi connectivity index (χ4v) is 8.71. The Balaban J connectivity index is 1.25. The molecule has 7 heterocycles. The maximum absolute atomic E-state index is 14.0. The van der Waals surface area contributed by atoms with E-state index in [1.54, 1.807) is 6.92 Å². The van der Waals surface area contributed by atoms with Crippen LogP contribution in [0.25, 0.3) is 39.1 Å². The topological polar surface area (TPSA) is 442 Å². The van der Waals surface area contributed by atoms with Gasteiger partial charge in [-0.2, -0.15) is 0 Å². The van der Waals surface area contributed by atoms with E-state index in [1.807, 2.05) is 0 Å². The van der Waals surface area contributed by atoms with Crippen molar-refractivity contribution in [3.63, 3.8) is 0 Å². The number of ether oxygens (including phenoxy) is 1. The number of aliphatic hydroxyl groups is 2. The number of nitrogens with zero attached hydrogens (tertiary/aromatic N) is 6. The summed E-state index contributed by atoms with van der Waals surface area (Å²) in [5.41, 5.74) is 1.50. The lowest BCUT2D eigenvalue weighted by atomic mass is 10.1. The number of fused-ring (bicyclic) bond motifs is 13. The van der Waals surface area contributed by atoms with Crippen molar-refractivity contribution in [2.24, 2.45) is 5.73 Å². The Bertz CT molecular complexity index is 3780. The highest BCUT2D eigenvalue weighted by molar-refractivity contribution is 7.13. The molecular weight excluding hydrogens is 1130 g/mol. The number of aliphatic hydroxyl groups excluding tert-OH is 2. The molecule has 6 aromatic rings. The molecular formula is C51H49N15O15S2. The summed E-state index contributed by atoms with van der Waals surface area (Å²) in [6.45, 7) is 21.1. The molecule has 7 rings (SSSR count). The van der Waals surface area contributed by atoms with Crippen molar-refractivity contribution < 1.29 is 71.4 Å². The van der Waals surface area contributed by atoms with Gasteiger partial charge in [-0.1, -0.05) is 32.4 Å². The monoisotopic (exact) mass is 1180 g/mol. The van der Waals surface area contributed by atoms with E-state index in [0.29, 0.717) is 0 Å². The van der Waals surface area contributed by atoms with E-state index in [0.717, 1.165) is 35.0 Å². The first-order chi connectivity index (χ1) is 39.3. The number of aromatic nitrogens is 6. The first-order valence-corrected chi connectivity index (χ1v) is 25.7. The van der Waals surface area contributed by atoms with Gasteiger partial charge in [-0.05, 0) is 52.8 Å². The second-order valence-electron chi connectivity index (χ2n) is 17.4. The molecule has 0 spiro atoms. The Morgan fingerprint density at radius 3 is 2.00 bits per heavy atom. The number of amides is 9. The molecule has 30 nitrogen and oxygen atoms in total. The number of rotatable bonds is 8. The summed E-state index contributed by atoms with van der Waals surface area (Å²) in [4.78, 5) is 146. The summed E-state index contributed by atoms with van der Waals surface area (Å²) in [6.07, 6.45) is -0.493. The maximum atomic E-state index is 14.0. The van der Waals surface area contributed by atoms with E-state index < -0.39 is 94.7 Å². The van der Waals surface area contributed by atoms with Crippen molar-refractivity contribution in [3.05, 3.63) is 147 Å². The Hall–Kier alpha value is -10.4. The predicted molar refractivity (Wildman–Crippen MR) is 291 cm³/mol. The summed E-state index contributed by atoms with van der Waals surface area (Å²) in [7, 11) is 1.26. The number of carbonyl (C=O) groups is 9. The lowest BCUT2D eigenvalue weighted by Crippen LogP contribution is -2.52. The molecule has 10 bridgehead atoms. The molecule has 0 radical (unpaired) electrons. The number of aryl methyl sites for hydroxylation is 2. The maximum Gasteiger partial charge on any atom is 0.278 e. The molecule has 4 unspecified atom stereocenters. The molecule has 32 heteroatoms. The fraction of sp³-hybridized carbons (Fsp3) is 0.196. The van der Waals surface area contributed by atoms with Gasteiger partial charge < -0.3 is 76.5 Å². The van der Waals surface area contributed by atoms with Crippen LogP contribution in [0, 0.1) is 13.8 Å². The van der Waals surface area contributed by atoms with Gasteiger partial charge in [-0.3, -0.25) is 43.2 Å². The van der Waals surface area contributed by atoms with Crippen molar-refractivity contribution in [2.45, 2.75) is 59.1 Å². The van der Waals surface area contributed by atoms with E-state index in [9.17, 15) is 53.4 Å². The number of pyridine rings is 1. The number of nitrogens with two attached hydrogens (primary N) is 1. The third-order valence-corrected chi connectivity index (χ3v) is 13.0. The van der Waals surface area contributed by atoms with E-state index in [2.05, 4.69) is 98.8 Å². The van der Waals surface area contributed by atoms with Crippen LogP contribution in [-0.2, 0) is 23.9 Å². The number of nitrogens with one attached hydrogen (secondary N) is 8. The average molecular weight is 1180 g/mol. The lowest BCUT2D eigenvalue weighted by Gasteiger charge is -2.21. The molecule has 6 aromatic heterocycles. The quantitative estimate of drug-likeness (QED) is 0.0962. The Morgan fingerprint density at radius 1 is 0.723 bits per heavy atom. The van der Waals surface area contributed by atoms with Gasteiger partial charge in [0.15, 0.2) is 17.6 Å². The van der Waals surface area contributed by atoms with Gasteiger partial charge in [-0.15, -0.1) is 22.7 Å². The van der Waals surface area contributed by atoms with E-state index in [4.69, 9.17) is 23.7 Å². The molecule has 4 atom stereocenters. The van der Waals surface area contributed by atoms with Crippen molar-refractivity contribution in [3.8, 4) is 22.0 Å². The van der Waals surface area contributed by atoms with Crippen molar-refractivity contribution in [1.29, 1.82) is 0 Å². The van der Waals surface area contributed by atoms with Crippen LogP contribution in [0.2, 0.25) is 0 Å². The summed E-state index contributed by atoms with van der Waals surface area (Å²) in [5.74, 6) is -9.69. The Morgan fingerprint density at radius 2 is 1.36 bits per heavy atom. The first-order valence-electron chi connectivity index (χ1n) is 23.9. The summed E-state index contributed by atoms with van der Waals surface area (Å²) < 4.78 is 22.6. The minimum absolute atomic E-state index is 0.00661. The van der Waals surface area contributed by atoms with Gasteiger partial charge in [0.1, 0.15) is 73.7 Å². The molecule has 9 amide bonds.